The number of rotatable bonds is 5. The van der Waals surface area contributed by atoms with Crippen LogP contribution in [0.3, 0.4) is 0 Å². The minimum absolute atomic E-state index is 0.0455. The van der Waals surface area contributed by atoms with Crippen molar-refractivity contribution in [3.8, 4) is 11.4 Å². The summed E-state index contributed by atoms with van der Waals surface area (Å²) in [5.41, 5.74) is 2.85. The first-order valence-electron chi connectivity index (χ1n) is 9.76. The first-order chi connectivity index (χ1) is 14.1. The Kier molecular flexibility index (Phi) is 6.06. The van der Waals surface area contributed by atoms with Gasteiger partial charge in [0.15, 0.2) is 0 Å². The van der Waals surface area contributed by atoms with E-state index >= 15 is 0 Å². The highest BCUT2D eigenvalue weighted by Gasteiger charge is 2.27. The molecule has 4 rings (SSSR count). The van der Waals surface area contributed by atoms with Gasteiger partial charge in [-0.3, -0.25) is 9.69 Å². The van der Waals surface area contributed by atoms with Crippen LogP contribution in [-0.2, 0) is 11.3 Å². The minimum atomic E-state index is -0.0455. The van der Waals surface area contributed by atoms with E-state index in [0.717, 1.165) is 40.7 Å². The molecule has 3 aromatic rings. The van der Waals surface area contributed by atoms with Crippen LogP contribution in [0, 0.1) is 12.8 Å². The molecule has 6 nitrogen and oxygen atoms in total. The van der Waals surface area contributed by atoms with Gasteiger partial charge in [0.1, 0.15) is 0 Å². The van der Waals surface area contributed by atoms with Crippen molar-refractivity contribution in [2.24, 2.45) is 5.92 Å². The number of nitrogens with one attached hydrogen (secondary N) is 1. The van der Waals surface area contributed by atoms with E-state index in [4.69, 9.17) is 4.52 Å². The van der Waals surface area contributed by atoms with Gasteiger partial charge in [0.05, 0.1) is 12.5 Å². The number of anilines is 1. The minimum Gasteiger partial charge on any atom is -0.338 e. The van der Waals surface area contributed by atoms with Crippen molar-refractivity contribution in [3.05, 3.63) is 64.5 Å². The fourth-order valence-electron chi connectivity index (χ4n) is 3.62. The molecule has 0 bridgehead atoms. The lowest BCUT2D eigenvalue weighted by molar-refractivity contribution is -0.121. The molecule has 2 aromatic carbocycles. The topological polar surface area (TPSA) is 71.3 Å². The third-order valence-electron chi connectivity index (χ3n) is 5.19. The van der Waals surface area contributed by atoms with Crippen molar-refractivity contribution in [2.45, 2.75) is 26.3 Å². The van der Waals surface area contributed by atoms with E-state index in [1.807, 2.05) is 55.5 Å². The number of aryl methyl sites for hydroxylation is 1. The number of nitrogens with zero attached hydrogens (tertiary/aromatic N) is 3. The van der Waals surface area contributed by atoms with E-state index < -0.39 is 0 Å². The van der Waals surface area contributed by atoms with Crippen LogP contribution in [0.15, 0.2) is 57.5 Å². The summed E-state index contributed by atoms with van der Waals surface area (Å²) in [5, 5.41) is 7.17. The molecule has 1 aliphatic rings. The van der Waals surface area contributed by atoms with Gasteiger partial charge in [-0.15, -0.1) is 0 Å². The zero-order valence-corrected chi connectivity index (χ0v) is 17.9. The van der Waals surface area contributed by atoms with Crippen LogP contribution >= 0.6 is 15.9 Å². The number of benzene rings is 2. The summed E-state index contributed by atoms with van der Waals surface area (Å²) in [6.45, 7) is 4.16. The number of carbonyl (C=O) groups excluding carboxylic acids is 1. The lowest BCUT2D eigenvalue weighted by Crippen LogP contribution is -2.40. The SMILES string of the molecule is Cc1ccccc1NC(=O)C1CCCN(Cc2nc(-c3cccc(Br)c3)no2)C1. The summed E-state index contributed by atoms with van der Waals surface area (Å²) >= 11 is 3.46. The zero-order valence-electron chi connectivity index (χ0n) is 16.3. The van der Waals surface area contributed by atoms with Crippen LogP contribution in [0.2, 0.25) is 0 Å². The summed E-state index contributed by atoms with van der Waals surface area (Å²) in [6, 6.07) is 15.7. The Labute approximate surface area is 178 Å². The second kappa shape index (κ2) is 8.88. The number of para-hydroxylation sites is 1. The molecule has 0 saturated carbocycles. The molecule has 1 amide bonds. The summed E-state index contributed by atoms with van der Waals surface area (Å²) in [7, 11) is 0. The number of hydrogen-bond acceptors (Lipinski definition) is 5. The monoisotopic (exact) mass is 454 g/mol. The molecule has 0 radical (unpaired) electrons. The molecule has 2 heterocycles. The van der Waals surface area contributed by atoms with Crippen molar-refractivity contribution in [3.63, 3.8) is 0 Å². The van der Waals surface area contributed by atoms with Crippen molar-refractivity contribution >= 4 is 27.5 Å². The normalized spacial score (nSPS) is 17.2. The van der Waals surface area contributed by atoms with Crippen molar-refractivity contribution < 1.29 is 9.32 Å². The number of carbonyl (C=O) groups is 1. The fourth-order valence-corrected chi connectivity index (χ4v) is 4.02. The number of hydrogen-bond donors (Lipinski definition) is 1. The maximum Gasteiger partial charge on any atom is 0.241 e. The molecule has 1 unspecified atom stereocenters. The van der Waals surface area contributed by atoms with Gasteiger partial charge >= 0.3 is 0 Å². The Morgan fingerprint density at radius 2 is 2.14 bits per heavy atom. The summed E-state index contributed by atoms with van der Waals surface area (Å²) in [5.74, 6) is 1.17. The van der Waals surface area contributed by atoms with E-state index in [2.05, 4.69) is 36.3 Å². The van der Waals surface area contributed by atoms with E-state index in [1.165, 1.54) is 0 Å². The first-order valence-corrected chi connectivity index (χ1v) is 10.5. The Morgan fingerprint density at radius 1 is 1.28 bits per heavy atom. The van der Waals surface area contributed by atoms with Gasteiger partial charge in [-0.05, 0) is 50.1 Å². The second-order valence-electron chi connectivity index (χ2n) is 7.40. The Morgan fingerprint density at radius 3 is 2.97 bits per heavy atom. The van der Waals surface area contributed by atoms with Crippen LogP contribution in [0.4, 0.5) is 5.69 Å². The summed E-state index contributed by atoms with van der Waals surface area (Å²) in [6.07, 6.45) is 1.86. The van der Waals surface area contributed by atoms with E-state index in [0.29, 0.717) is 24.8 Å². The molecule has 1 N–H and O–H groups in total. The number of amides is 1. The van der Waals surface area contributed by atoms with Crippen LogP contribution in [0.25, 0.3) is 11.4 Å². The van der Waals surface area contributed by atoms with Gasteiger partial charge in [0.2, 0.25) is 17.6 Å². The third-order valence-corrected chi connectivity index (χ3v) is 5.68. The number of piperidine rings is 1. The highest BCUT2D eigenvalue weighted by Crippen LogP contribution is 2.23. The molecular formula is C22H23BrN4O2. The molecule has 1 atom stereocenters. The highest BCUT2D eigenvalue weighted by atomic mass is 79.9. The molecule has 1 aliphatic heterocycles. The number of halogens is 1. The van der Waals surface area contributed by atoms with Crippen LogP contribution in [0.1, 0.15) is 24.3 Å². The predicted octanol–water partition coefficient (Wildman–Crippen LogP) is 4.66. The molecule has 1 saturated heterocycles. The summed E-state index contributed by atoms with van der Waals surface area (Å²) < 4.78 is 6.42. The molecule has 0 aliphatic carbocycles. The molecule has 1 fully saturated rings. The molecule has 1 aromatic heterocycles. The largest absolute Gasteiger partial charge is 0.338 e. The number of aromatic nitrogens is 2. The third kappa shape index (κ3) is 4.92. The van der Waals surface area contributed by atoms with Gasteiger partial charge in [-0.2, -0.15) is 4.98 Å². The maximum atomic E-state index is 12.7. The number of likely N-dealkylation sites (tertiary alicyclic amines) is 1. The zero-order chi connectivity index (χ0) is 20.2. The van der Waals surface area contributed by atoms with E-state index in [9.17, 15) is 4.79 Å². The van der Waals surface area contributed by atoms with Crippen molar-refractivity contribution in [1.82, 2.24) is 15.0 Å². The molecule has 29 heavy (non-hydrogen) atoms. The van der Waals surface area contributed by atoms with Gasteiger partial charge in [0.25, 0.3) is 0 Å². The average molecular weight is 455 g/mol. The van der Waals surface area contributed by atoms with Crippen LogP contribution in [-0.4, -0.2) is 34.0 Å². The fraction of sp³-hybridized carbons (Fsp3) is 0.318. The van der Waals surface area contributed by atoms with Crippen molar-refractivity contribution in [1.29, 1.82) is 0 Å². The van der Waals surface area contributed by atoms with Crippen molar-refractivity contribution in [2.75, 3.05) is 18.4 Å². The Balaban J connectivity index is 1.38. The van der Waals surface area contributed by atoms with Gasteiger partial charge in [-0.1, -0.05) is 51.4 Å². The predicted molar refractivity (Wildman–Crippen MR) is 115 cm³/mol. The van der Waals surface area contributed by atoms with Gasteiger partial charge in [0, 0.05) is 22.3 Å². The van der Waals surface area contributed by atoms with Crippen LogP contribution < -0.4 is 5.32 Å². The molecule has 150 valence electrons. The quantitative estimate of drug-likeness (QED) is 0.606. The maximum absolute atomic E-state index is 12.7. The summed E-state index contributed by atoms with van der Waals surface area (Å²) in [4.78, 5) is 19.5. The first kappa shape index (κ1) is 19.8. The second-order valence-corrected chi connectivity index (χ2v) is 8.32. The Bertz CT molecular complexity index is 1000. The molecule has 7 heteroatoms. The standard InChI is InChI=1S/C22H23BrN4O2/c1-15-6-2-3-10-19(15)24-22(28)17-8-5-11-27(13-17)14-20-25-21(26-29-20)16-7-4-9-18(23)12-16/h2-4,6-7,9-10,12,17H,5,8,11,13-14H2,1H3,(H,24,28). The van der Waals surface area contributed by atoms with Crippen LogP contribution in [0.5, 0.6) is 0 Å². The van der Waals surface area contributed by atoms with Gasteiger partial charge in [-0.25, -0.2) is 0 Å². The Hall–Kier alpha value is -2.51. The smallest absolute Gasteiger partial charge is 0.241 e. The lowest BCUT2D eigenvalue weighted by Gasteiger charge is -2.31. The average Bonchev–Trinajstić information content (AvgIpc) is 3.18. The lowest BCUT2D eigenvalue weighted by atomic mass is 9.97. The van der Waals surface area contributed by atoms with E-state index in [1.54, 1.807) is 0 Å². The highest BCUT2D eigenvalue weighted by molar-refractivity contribution is 9.10. The van der Waals surface area contributed by atoms with E-state index in [-0.39, 0.29) is 11.8 Å². The molecular weight excluding hydrogens is 432 g/mol. The molecule has 0 spiro atoms. The van der Waals surface area contributed by atoms with Gasteiger partial charge < -0.3 is 9.84 Å².